The van der Waals surface area contributed by atoms with Gasteiger partial charge in [-0.15, -0.1) is 0 Å². The van der Waals surface area contributed by atoms with Crippen molar-refractivity contribution in [3.8, 4) is 0 Å². The highest BCUT2D eigenvalue weighted by atomic mass is 16.2. The van der Waals surface area contributed by atoms with E-state index in [4.69, 9.17) is 5.73 Å². The Labute approximate surface area is 168 Å². The third-order valence-electron chi connectivity index (χ3n) is 6.75. The molecule has 2 bridgehead atoms. The highest BCUT2D eigenvalue weighted by Crippen LogP contribution is 2.37. The molecule has 0 aromatic heterocycles. The SMILES string of the molecule is NC1CC2CC(C1)N(Cc1cccc3c1C(=O)N(C1CCC(=O)NC1=O)C3=O)C2. The smallest absolute Gasteiger partial charge is 0.262 e. The Hall–Kier alpha value is -2.58. The Bertz CT molecular complexity index is 929. The molecule has 2 saturated heterocycles. The summed E-state index contributed by atoms with van der Waals surface area (Å²) in [4.78, 5) is 53.3. The molecule has 4 unspecified atom stereocenters. The highest BCUT2D eigenvalue weighted by molar-refractivity contribution is 6.24. The Balaban J connectivity index is 1.42. The summed E-state index contributed by atoms with van der Waals surface area (Å²) in [5, 5.41) is 2.23. The molecule has 3 fully saturated rings. The quantitative estimate of drug-likeness (QED) is 0.715. The molecule has 152 valence electrons. The zero-order chi connectivity index (χ0) is 20.3. The first-order chi connectivity index (χ1) is 13.9. The third-order valence-corrected chi connectivity index (χ3v) is 6.75. The number of carbonyl (C=O) groups excluding carboxylic acids is 4. The summed E-state index contributed by atoms with van der Waals surface area (Å²) in [7, 11) is 0. The molecule has 0 spiro atoms. The molecule has 1 aliphatic carbocycles. The van der Waals surface area contributed by atoms with E-state index < -0.39 is 23.8 Å². The van der Waals surface area contributed by atoms with Gasteiger partial charge in [0, 0.05) is 31.6 Å². The van der Waals surface area contributed by atoms with Gasteiger partial charge in [0.1, 0.15) is 6.04 Å². The highest BCUT2D eigenvalue weighted by Gasteiger charge is 2.46. The van der Waals surface area contributed by atoms with Crippen molar-refractivity contribution in [2.75, 3.05) is 6.54 Å². The lowest BCUT2D eigenvalue weighted by Crippen LogP contribution is -2.54. The lowest BCUT2D eigenvalue weighted by molar-refractivity contribution is -0.136. The molecule has 0 radical (unpaired) electrons. The van der Waals surface area contributed by atoms with Gasteiger partial charge in [0.2, 0.25) is 11.8 Å². The summed E-state index contributed by atoms with van der Waals surface area (Å²) in [6.45, 7) is 1.56. The molecule has 3 aliphatic heterocycles. The zero-order valence-electron chi connectivity index (χ0n) is 16.1. The summed E-state index contributed by atoms with van der Waals surface area (Å²) in [5.41, 5.74) is 7.73. The van der Waals surface area contributed by atoms with Crippen LogP contribution in [0.4, 0.5) is 0 Å². The van der Waals surface area contributed by atoms with Gasteiger partial charge in [-0.3, -0.25) is 34.3 Å². The van der Waals surface area contributed by atoms with E-state index >= 15 is 0 Å². The maximum Gasteiger partial charge on any atom is 0.262 e. The van der Waals surface area contributed by atoms with Gasteiger partial charge in [-0.25, -0.2) is 0 Å². The molecule has 4 atom stereocenters. The number of benzene rings is 1. The first-order valence-electron chi connectivity index (χ1n) is 10.3. The van der Waals surface area contributed by atoms with E-state index in [2.05, 4.69) is 10.2 Å². The van der Waals surface area contributed by atoms with Gasteiger partial charge in [0.15, 0.2) is 0 Å². The van der Waals surface area contributed by atoms with Gasteiger partial charge in [-0.2, -0.15) is 0 Å². The predicted octanol–water partition coefficient (Wildman–Crippen LogP) is 0.399. The van der Waals surface area contributed by atoms with E-state index in [-0.39, 0.29) is 24.8 Å². The van der Waals surface area contributed by atoms with Crippen molar-refractivity contribution in [2.24, 2.45) is 11.7 Å². The second kappa shape index (κ2) is 6.74. The molecule has 8 heteroatoms. The van der Waals surface area contributed by atoms with E-state index in [1.807, 2.05) is 6.07 Å². The van der Waals surface area contributed by atoms with Crippen LogP contribution in [0.25, 0.3) is 0 Å². The number of nitrogens with zero attached hydrogens (tertiary/aromatic N) is 2. The van der Waals surface area contributed by atoms with Crippen molar-refractivity contribution >= 4 is 23.6 Å². The number of likely N-dealkylation sites (tertiary alicyclic amines) is 1. The molecule has 4 aliphatic rings. The molecule has 3 N–H and O–H groups in total. The minimum absolute atomic E-state index is 0.119. The zero-order valence-corrected chi connectivity index (χ0v) is 16.1. The third kappa shape index (κ3) is 2.98. The Morgan fingerprint density at radius 2 is 1.90 bits per heavy atom. The molecular formula is C21H24N4O4. The lowest BCUT2D eigenvalue weighted by atomic mass is 9.87. The van der Waals surface area contributed by atoms with E-state index in [1.165, 1.54) is 0 Å². The van der Waals surface area contributed by atoms with Gasteiger partial charge < -0.3 is 5.73 Å². The Kier molecular flexibility index (Phi) is 4.29. The van der Waals surface area contributed by atoms with E-state index in [9.17, 15) is 19.2 Å². The lowest BCUT2D eigenvalue weighted by Gasteiger charge is -2.28. The van der Waals surface area contributed by atoms with Crippen molar-refractivity contribution in [3.05, 3.63) is 34.9 Å². The van der Waals surface area contributed by atoms with Gasteiger partial charge in [-0.1, -0.05) is 12.1 Å². The monoisotopic (exact) mass is 396 g/mol. The second-order valence-electron chi connectivity index (χ2n) is 8.70. The number of piperidine rings is 1. The summed E-state index contributed by atoms with van der Waals surface area (Å²) >= 11 is 0. The normalized spacial score (nSPS) is 32.0. The van der Waals surface area contributed by atoms with Gasteiger partial charge in [0.05, 0.1) is 11.1 Å². The van der Waals surface area contributed by atoms with Gasteiger partial charge in [-0.05, 0) is 43.2 Å². The average molecular weight is 396 g/mol. The number of carbonyl (C=O) groups is 4. The van der Waals surface area contributed by atoms with Crippen LogP contribution >= 0.6 is 0 Å². The van der Waals surface area contributed by atoms with Crippen LogP contribution in [0.1, 0.15) is 58.4 Å². The number of fused-ring (bicyclic) bond motifs is 3. The Morgan fingerprint density at radius 3 is 2.69 bits per heavy atom. The summed E-state index contributed by atoms with van der Waals surface area (Å²) in [5.74, 6) is -1.25. The van der Waals surface area contributed by atoms with E-state index in [0.29, 0.717) is 29.6 Å². The molecule has 5 rings (SSSR count). The molecular weight excluding hydrogens is 372 g/mol. The van der Waals surface area contributed by atoms with E-state index in [1.54, 1.807) is 12.1 Å². The fourth-order valence-corrected chi connectivity index (χ4v) is 5.51. The molecule has 3 heterocycles. The summed E-state index contributed by atoms with van der Waals surface area (Å²) in [6, 6.07) is 5.04. The molecule has 1 saturated carbocycles. The number of nitrogens with one attached hydrogen (secondary N) is 1. The molecule has 1 aromatic rings. The standard InChI is InChI=1S/C21H24N4O4/c22-13-6-11-7-14(8-13)24(9-11)10-12-2-1-3-15-18(12)21(29)25(20(15)28)16-4-5-17(26)23-19(16)27/h1-3,11,13-14,16H,4-10,22H2,(H,23,26,27). The fourth-order valence-electron chi connectivity index (χ4n) is 5.51. The number of nitrogens with two attached hydrogens (primary N) is 1. The van der Waals surface area contributed by atoms with Crippen LogP contribution in [0.5, 0.6) is 0 Å². The first kappa shape index (κ1) is 18.4. The van der Waals surface area contributed by atoms with Crippen molar-refractivity contribution in [1.82, 2.24) is 15.1 Å². The average Bonchev–Trinajstić information content (AvgIpc) is 3.09. The fraction of sp³-hybridized carbons (Fsp3) is 0.524. The topological polar surface area (TPSA) is 113 Å². The number of rotatable bonds is 3. The number of amides is 4. The molecule has 29 heavy (non-hydrogen) atoms. The second-order valence-corrected chi connectivity index (χ2v) is 8.70. The molecule has 1 aromatic carbocycles. The number of hydrogen-bond donors (Lipinski definition) is 2. The van der Waals surface area contributed by atoms with Crippen LogP contribution in [0, 0.1) is 5.92 Å². The minimum Gasteiger partial charge on any atom is -0.328 e. The van der Waals surface area contributed by atoms with E-state index in [0.717, 1.165) is 36.3 Å². The van der Waals surface area contributed by atoms with Crippen LogP contribution in [-0.4, -0.2) is 58.1 Å². The minimum atomic E-state index is -0.933. The van der Waals surface area contributed by atoms with Crippen LogP contribution in [0.3, 0.4) is 0 Å². The predicted molar refractivity (Wildman–Crippen MR) is 103 cm³/mol. The largest absolute Gasteiger partial charge is 0.328 e. The van der Waals surface area contributed by atoms with Crippen LogP contribution in [0.2, 0.25) is 0 Å². The van der Waals surface area contributed by atoms with Crippen molar-refractivity contribution in [2.45, 2.75) is 56.8 Å². The van der Waals surface area contributed by atoms with Gasteiger partial charge in [0.25, 0.3) is 11.8 Å². The van der Waals surface area contributed by atoms with Crippen LogP contribution < -0.4 is 11.1 Å². The van der Waals surface area contributed by atoms with Gasteiger partial charge >= 0.3 is 0 Å². The number of hydrogen-bond acceptors (Lipinski definition) is 6. The summed E-state index contributed by atoms with van der Waals surface area (Å²) in [6.07, 6.45) is 3.42. The summed E-state index contributed by atoms with van der Waals surface area (Å²) < 4.78 is 0. The Morgan fingerprint density at radius 1 is 1.07 bits per heavy atom. The van der Waals surface area contributed by atoms with Crippen molar-refractivity contribution in [3.63, 3.8) is 0 Å². The first-order valence-corrected chi connectivity index (χ1v) is 10.3. The van der Waals surface area contributed by atoms with Crippen LogP contribution in [0.15, 0.2) is 18.2 Å². The molecule has 8 nitrogen and oxygen atoms in total. The maximum atomic E-state index is 13.2. The van der Waals surface area contributed by atoms with Crippen molar-refractivity contribution < 1.29 is 19.2 Å². The van der Waals surface area contributed by atoms with Crippen LogP contribution in [-0.2, 0) is 16.1 Å². The molecule has 4 amide bonds. The van der Waals surface area contributed by atoms with Crippen molar-refractivity contribution in [1.29, 1.82) is 0 Å². The maximum absolute atomic E-state index is 13.2. The number of imide groups is 2.